The zero-order chi connectivity index (χ0) is 19.2. The number of rotatable bonds is 5. The quantitative estimate of drug-likeness (QED) is 0.432. The third-order valence-corrected chi connectivity index (χ3v) is 4.11. The van der Waals surface area contributed by atoms with Crippen LogP contribution in [-0.4, -0.2) is 64.5 Å². The number of amides is 1. The van der Waals surface area contributed by atoms with Crippen molar-refractivity contribution in [3.05, 3.63) is 58.4 Å². The van der Waals surface area contributed by atoms with Gasteiger partial charge in [0.25, 0.3) is 11.6 Å². The zero-order valence-corrected chi connectivity index (χ0v) is 14.4. The van der Waals surface area contributed by atoms with Crippen molar-refractivity contribution in [2.24, 2.45) is 0 Å². The molecule has 0 aliphatic carbocycles. The van der Waals surface area contributed by atoms with Crippen molar-refractivity contribution in [2.45, 2.75) is 0 Å². The number of anilines is 1. The second-order valence-corrected chi connectivity index (χ2v) is 5.77. The fourth-order valence-electron chi connectivity index (χ4n) is 2.71. The maximum Gasteiger partial charge on any atom is 0.345 e. The number of carbonyl (C=O) groups excluding carboxylic acids is 2. The maximum absolute atomic E-state index is 12.3. The largest absolute Gasteiger partial charge is 0.452 e. The fourth-order valence-corrected chi connectivity index (χ4v) is 2.71. The smallest absolute Gasteiger partial charge is 0.345 e. The van der Waals surface area contributed by atoms with Gasteiger partial charge < -0.3 is 14.5 Å². The van der Waals surface area contributed by atoms with E-state index in [0.29, 0.717) is 32.1 Å². The first-order chi connectivity index (χ1) is 13.1. The Morgan fingerprint density at radius 3 is 2.41 bits per heavy atom. The van der Waals surface area contributed by atoms with Crippen molar-refractivity contribution in [1.29, 1.82) is 0 Å². The Morgan fingerprint density at radius 1 is 1.07 bits per heavy atom. The predicted octanol–water partition coefficient (Wildman–Crippen LogP) is 0.890. The summed E-state index contributed by atoms with van der Waals surface area (Å²) in [5, 5.41) is 11.0. The van der Waals surface area contributed by atoms with Crippen LogP contribution in [0.25, 0.3) is 0 Å². The van der Waals surface area contributed by atoms with E-state index in [-0.39, 0.29) is 17.2 Å². The van der Waals surface area contributed by atoms with E-state index >= 15 is 0 Å². The Hall–Kier alpha value is -3.56. The molecule has 1 aliphatic rings. The lowest BCUT2D eigenvalue weighted by Crippen LogP contribution is -2.50. The first-order valence-corrected chi connectivity index (χ1v) is 8.26. The number of nitrogens with zero attached hydrogens (tertiary/aromatic N) is 5. The molecule has 0 N–H and O–H groups in total. The van der Waals surface area contributed by atoms with Gasteiger partial charge in [-0.1, -0.05) is 12.1 Å². The Kier molecular flexibility index (Phi) is 5.55. The molecular weight excluding hydrogens is 354 g/mol. The fraction of sp³-hybridized carbons (Fsp3) is 0.294. The lowest BCUT2D eigenvalue weighted by Gasteiger charge is -2.34. The number of hydrogen-bond donors (Lipinski definition) is 0. The number of esters is 1. The number of ether oxygens (including phenoxy) is 1. The molecule has 1 aliphatic heterocycles. The van der Waals surface area contributed by atoms with Gasteiger partial charge in [-0.2, -0.15) is 0 Å². The zero-order valence-electron chi connectivity index (χ0n) is 14.4. The molecule has 1 fully saturated rings. The maximum atomic E-state index is 12.3. The number of para-hydroxylation sites is 1. The first kappa shape index (κ1) is 18.2. The summed E-state index contributed by atoms with van der Waals surface area (Å²) in [6.07, 6.45) is 3.31. The molecule has 140 valence electrons. The van der Waals surface area contributed by atoms with E-state index in [1.807, 2.05) is 4.90 Å². The summed E-state index contributed by atoms with van der Waals surface area (Å²) in [4.78, 5) is 46.5. The van der Waals surface area contributed by atoms with Crippen LogP contribution in [-0.2, 0) is 9.53 Å². The van der Waals surface area contributed by atoms with Crippen LogP contribution < -0.4 is 4.90 Å². The number of carbonyl (C=O) groups is 2. The Morgan fingerprint density at radius 2 is 1.74 bits per heavy atom. The number of hydrogen-bond acceptors (Lipinski definition) is 8. The van der Waals surface area contributed by atoms with Crippen molar-refractivity contribution < 1.29 is 19.2 Å². The van der Waals surface area contributed by atoms with E-state index in [4.69, 9.17) is 4.74 Å². The van der Waals surface area contributed by atoms with Gasteiger partial charge in [0.05, 0.1) is 4.92 Å². The summed E-state index contributed by atoms with van der Waals surface area (Å²) < 4.78 is 4.97. The van der Waals surface area contributed by atoms with E-state index in [1.54, 1.807) is 23.4 Å². The Labute approximate surface area is 154 Å². The van der Waals surface area contributed by atoms with E-state index in [1.165, 1.54) is 24.3 Å². The summed E-state index contributed by atoms with van der Waals surface area (Å²) >= 11 is 0. The van der Waals surface area contributed by atoms with Gasteiger partial charge in [0.2, 0.25) is 5.95 Å². The molecule has 0 bridgehead atoms. The van der Waals surface area contributed by atoms with Gasteiger partial charge in [-0.05, 0) is 12.1 Å². The van der Waals surface area contributed by atoms with Crippen LogP contribution in [0.1, 0.15) is 10.4 Å². The average Bonchev–Trinajstić information content (AvgIpc) is 2.72. The van der Waals surface area contributed by atoms with Crippen molar-refractivity contribution in [2.75, 3.05) is 37.7 Å². The van der Waals surface area contributed by atoms with Crippen molar-refractivity contribution in [3.8, 4) is 0 Å². The third-order valence-electron chi connectivity index (χ3n) is 4.11. The molecule has 10 nitrogen and oxygen atoms in total. The molecule has 2 aromatic rings. The van der Waals surface area contributed by atoms with Crippen LogP contribution in [0.5, 0.6) is 0 Å². The highest BCUT2D eigenvalue weighted by Crippen LogP contribution is 2.18. The van der Waals surface area contributed by atoms with Crippen LogP contribution in [0, 0.1) is 10.1 Å². The highest BCUT2D eigenvalue weighted by atomic mass is 16.6. The van der Waals surface area contributed by atoms with Gasteiger partial charge in [0.1, 0.15) is 5.56 Å². The minimum absolute atomic E-state index is 0.179. The number of nitro groups is 1. The highest BCUT2D eigenvalue weighted by molar-refractivity contribution is 5.95. The monoisotopic (exact) mass is 371 g/mol. The molecule has 1 saturated heterocycles. The Bertz CT molecular complexity index is 837. The molecule has 27 heavy (non-hydrogen) atoms. The van der Waals surface area contributed by atoms with Gasteiger partial charge in [-0.3, -0.25) is 14.9 Å². The van der Waals surface area contributed by atoms with Crippen LogP contribution in [0.2, 0.25) is 0 Å². The summed E-state index contributed by atoms with van der Waals surface area (Å²) in [5.41, 5.74) is -0.534. The summed E-state index contributed by atoms with van der Waals surface area (Å²) in [6.45, 7) is 1.55. The molecule has 10 heteroatoms. The average molecular weight is 371 g/mol. The molecular formula is C17H17N5O5. The van der Waals surface area contributed by atoms with Crippen molar-refractivity contribution >= 4 is 23.5 Å². The number of piperazine rings is 1. The van der Waals surface area contributed by atoms with E-state index in [0.717, 1.165) is 0 Å². The number of nitro benzene ring substituents is 1. The first-order valence-electron chi connectivity index (χ1n) is 8.26. The summed E-state index contributed by atoms with van der Waals surface area (Å²) in [7, 11) is 0. The molecule has 1 amide bonds. The second kappa shape index (κ2) is 8.21. The van der Waals surface area contributed by atoms with E-state index in [2.05, 4.69) is 9.97 Å². The molecule has 0 saturated carbocycles. The van der Waals surface area contributed by atoms with E-state index < -0.39 is 17.5 Å². The van der Waals surface area contributed by atoms with Gasteiger partial charge in [-0.15, -0.1) is 0 Å². The standard InChI is InChI=1S/C17H17N5O5/c23-15(12-27-16(24)13-4-1-2-5-14(13)22(25)26)20-8-10-21(11-9-20)17-18-6-3-7-19-17/h1-7H,8-12H2. The van der Waals surface area contributed by atoms with Crippen molar-refractivity contribution in [1.82, 2.24) is 14.9 Å². The summed E-state index contributed by atoms with van der Waals surface area (Å²) in [6, 6.07) is 7.19. The topological polar surface area (TPSA) is 119 Å². The normalized spacial score (nSPS) is 13.9. The number of aromatic nitrogens is 2. The van der Waals surface area contributed by atoms with Crippen LogP contribution in [0.15, 0.2) is 42.7 Å². The molecule has 1 aromatic carbocycles. The highest BCUT2D eigenvalue weighted by Gasteiger charge is 2.25. The molecule has 0 radical (unpaired) electrons. The van der Waals surface area contributed by atoms with Gasteiger partial charge in [0, 0.05) is 44.6 Å². The van der Waals surface area contributed by atoms with Crippen LogP contribution >= 0.6 is 0 Å². The third kappa shape index (κ3) is 4.35. The molecule has 0 unspecified atom stereocenters. The molecule has 0 atom stereocenters. The van der Waals surface area contributed by atoms with Gasteiger partial charge in [-0.25, -0.2) is 14.8 Å². The second-order valence-electron chi connectivity index (χ2n) is 5.77. The molecule has 2 heterocycles. The molecule has 3 rings (SSSR count). The predicted molar refractivity (Wildman–Crippen MR) is 94.2 cm³/mol. The SMILES string of the molecule is O=C(OCC(=O)N1CCN(c2ncccn2)CC1)c1ccccc1[N+](=O)[O-]. The van der Waals surface area contributed by atoms with Crippen molar-refractivity contribution in [3.63, 3.8) is 0 Å². The summed E-state index contributed by atoms with van der Waals surface area (Å²) in [5.74, 6) is -0.644. The van der Waals surface area contributed by atoms with E-state index in [9.17, 15) is 19.7 Å². The van der Waals surface area contributed by atoms with Gasteiger partial charge in [0.15, 0.2) is 6.61 Å². The Balaban J connectivity index is 1.52. The lowest BCUT2D eigenvalue weighted by atomic mass is 10.2. The molecule has 1 aromatic heterocycles. The molecule has 0 spiro atoms. The minimum Gasteiger partial charge on any atom is -0.452 e. The van der Waals surface area contributed by atoms with Crippen LogP contribution in [0.3, 0.4) is 0 Å². The van der Waals surface area contributed by atoms with Gasteiger partial charge >= 0.3 is 5.97 Å². The number of benzene rings is 1. The van der Waals surface area contributed by atoms with Crippen LogP contribution in [0.4, 0.5) is 11.6 Å². The lowest BCUT2D eigenvalue weighted by molar-refractivity contribution is -0.385. The minimum atomic E-state index is -0.896.